The van der Waals surface area contributed by atoms with Gasteiger partial charge < -0.3 is 4.74 Å². The number of ether oxygens (including phenoxy) is 1. The molecule has 2 nitrogen and oxygen atoms in total. The Balaban J connectivity index is 2.01. The monoisotopic (exact) mass is 251 g/mol. The van der Waals surface area contributed by atoms with Crippen LogP contribution in [0.3, 0.4) is 0 Å². The second-order valence-corrected chi connectivity index (χ2v) is 5.36. The molecular weight excluding hydrogens is 237 g/mol. The van der Waals surface area contributed by atoms with E-state index in [1.165, 1.54) is 12.1 Å². The lowest BCUT2D eigenvalue weighted by molar-refractivity contribution is 0.127. The van der Waals surface area contributed by atoms with E-state index in [2.05, 4.69) is 0 Å². The summed E-state index contributed by atoms with van der Waals surface area (Å²) in [7, 11) is 0. The van der Waals surface area contributed by atoms with Crippen LogP contribution in [0.2, 0.25) is 0 Å². The summed E-state index contributed by atoms with van der Waals surface area (Å²) in [6, 6.07) is 6.53. The van der Waals surface area contributed by atoms with Gasteiger partial charge in [-0.1, -0.05) is 0 Å². The van der Waals surface area contributed by atoms with Gasteiger partial charge in [0.15, 0.2) is 0 Å². The molecule has 2 atom stereocenters. The summed E-state index contributed by atoms with van der Waals surface area (Å²) >= 11 is 1.70. The van der Waals surface area contributed by atoms with E-state index < -0.39 is 0 Å². The van der Waals surface area contributed by atoms with Gasteiger partial charge >= 0.3 is 0 Å². The zero-order chi connectivity index (χ0) is 12.3. The molecule has 0 spiro atoms. The van der Waals surface area contributed by atoms with Crippen LogP contribution in [0, 0.1) is 17.1 Å². The fourth-order valence-electron chi connectivity index (χ4n) is 1.88. The van der Waals surface area contributed by atoms with E-state index in [0.29, 0.717) is 22.1 Å². The van der Waals surface area contributed by atoms with Crippen LogP contribution in [0.5, 0.6) is 0 Å². The first-order chi connectivity index (χ1) is 8.20. The van der Waals surface area contributed by atoms with E-state index >= 15 is 0 Å². The second kappa shape index (κ2) is 5.52. The van der Waals surface area contributed by atoms with Crippen LogP contribution in [-0.4, -0.2) is 18.0 Å². The van der Waals surface area contributed by atoms with Crippen LogP contribution in [0.4, 0.5) is 4.39 Å². The molecule has 1 heterocycles. The van der Waals surface area contributed by atoms with Crippen molar-refractivity contribution in [1.82, 2.24) is 0 Å². The van der Waals surface area contributed by atoms with Gasteiger partial charge in [-0.2, -0.15) is 17.0 Å². The normalized spacial score (nSPS) is 23.6. The third-order valence-corrected chi connectivity index (χ3v) is 4.46. The average molecular weight is 251 g/mol. The highest BCUT2D eigenvalue weighted by Crippen LogP contribution is 2.29. The Kier molecular flexibility index (Phi) is 4.03. The van der Waals surface area contributed by atoms with Crippen LogP contribution < -0.4 is 0 Å². The van der Waals surface area contributed by atoms with Gasteiger partial charge in [0.2, 0.25) is 0 Å². The minimum absolute atomic E-state index is 0.233. The molecule has 0 N–H and O–H groups in total. The van der Waals surface area contributed by atoms with E-state index in [-0.39, 0.29) is 11.9 Å². The van der Waals surface area contributed by atoms with Gasteiger partial charge in [-0.25, -0.2) is 4.39 Å². The number of nitriles is 1. The number of hydrogen-bond acceptors (Lipinski definition) is 3. The average Bonchev–Trinajstić information content (AvgIpc) is 2.74. The maximum atomic E-state index is 13.5. The molecule has 0 amide bonds. The zero-order valence-electron chi connectivity index (χ0n) is 9.65. The molecule has 0 radical (unpaired) electrons. The van der Waals surface area contributed by atoms with Gasteiger partial charge in [0.1, 0.15) is 5.82 Å². The molecule has 90 valence electrons. The molecule has 1 aromatic carbocycles. The van der Waals surface area contributed by atoms with Crippen LogP contribution in [-0.2, 0) is 10.5 Å². The Morgan fingerprint density at radius 3 is 3.06 bits per heavy atom. The van der Waals surface area contributed by atoms with Crippen molar-refractivity contribution in [2.24, 2.45) is 0 Å². The van der Waals surface area contributed by atoms with Crippen LogP contribution in [0.1, 0.15) is 24.5 Å². The van der Waals surface area contributed by atoms with Gasteiger partial charge in [0.05, 0.1) is 17.7 Å². The highest BCUT2D eigenvalue weighted by Gasteiger charge is 2.24. The van der Waals surface area contributed by atoms with Crippen LogP contribution in [0.25, 0.3) is 0 Å². The summed E-state index contributed by atoms with van der Waals surface area (Å²) in [6.07, 6.45) is 1.26. The molecule has 2 rings (SSSR count). The van der Waals surface area contributed by atoms with Crippen molar-refractivity contribution < 1.29 is 9.13 Å². The first kappa shape index (κ1) is 12.4. The van der Waals surface area contributed by atoms with Crippen molar-refractivity contribution in [2.75, 3.05) is 6.61 Å². The van der Waals surface area contributed by atoms with Crippen molar-refractivity contribution in [3.63, 3.8) is 0 Å². The molecule has 0 bridgehead atoms. The van der Waals surface area contributed by atoms with Crippen molar-refractivity contribution in [3.8, 4) is 6.07 Å². The lowest BCUT2D eigenvalue weighted by Crippen LogP contribution is -2.13. The molecule has 4 heteroatoms. The minimum atomic E-state index is -0.233. The third-order valence-electron chi connectivity index (χ3n) is 2.93. The van der Waals surface area contributed by atoms with E-state index in [0.717, 1.165) is 13.0 Å². The van der Waals surface area contributed by atoms with Crippen molar-refractivity contribution in [3.05, 3.63) is 35.1 Å². The second-order valence-electron chi connectivity index (χ2n) is 4.13. The number of nitrogens with zero attached hydrogens (tertiary/aromatic N) is 1. The Morgan fingerprint density at radius 1 is 1.59 bits per heavy atom. The molecule has 0 aromatic heterocycles. The van der Waals surface area contributed by atoms with Gasteiger partial charge in [0, 0.05) is 17.6 Å². The zero-order valence-corrected chi connectivity index (χ0v) is 10.5. The molecule has 0 saturated carbocycles. The third kappa shape index (κ3) is 2.99. The first-order valence-electron chi connectivity index (χ1n) is 5.62. The molecule has 1 aliphatic heterocycles. The number of rotatable bonds is 3. The molecule has 1 aliphatic rings. The largest absolute Gasteiger partial charge is 0.377 e. The number of halogens is 1. The Bertz CT molecular complexity index is 444. The summed E-state index contributed by atoms with van der Waals surface area (Å²) in [5.74, 6) is 0.364. The van der Waals surface area contributed by atoms with Crippen LogP contribution >= 0.6 is 11.8 Å². The Morgan fingerprint density at radius 2 is 2.41 bits per heavy atom. The molecule has 1 fully saturated rings. The topological polar surface area (TPSA) is 33.0 Å². The first-order valence-corrected chi connectivity index (χ1v) is 6.67. The van der Waals surface area contributed by atoms with Crippen molar-refractivity contribution in [1.29, 1.82) is 5.26 Å². The maximum absolute atomic E-state index is 13.5. The summed E-state index contributed by atoms with van der Waals surface area (Å²) in [6.45, 7) is 2.84. The van der Waals surface area contributed by atoms with Crippen molar-refractivity contribution in [2.45, 2.75) is 30.5 Å². The summed E-state index contributed by atoms with van der Waals surface area (Å²) in [4.78, 5) is 0. The Hall–Kier alpha value is -1.05. The fourth-order valence-corrected chi connectivity index (χ4v) is 3.11. The fraction of sp³-hybridized carbons (Fsp3) is 0.462. The van der Waals surface area contributed by atoms with Gasteiger partial charge in [-0.05, 0) is 37.1 Å². The van der Waals surface area contributed by atoms with E-state index in [1.54, 1.807) is 17.8 Å². The Labute approximate surface area is 105 Å². The van der Waals surface area contributed by atoms with Gasteiger partial charge in [-0.3, -0.25) is 0 Å². The predicted octanol–water partition coefficient (Wildman–Crippen LogP) is 3.11. The van der Waals surface area contributed by atoms with Gasteiger partial charge in [0.25, 0.3) is 0 Å². The van der Waals surface area contributed by atoms with E-state index in [1.807, 2.05) is 13.0 Å². The van der Waals surface area contributed by atoms with Crippen molar-refractivity contribution >= 4 is 11.8 Å². The molecule has 1 saturated heterocycles. The molecule has 17 heavy (non-hydrogen) atoms. The standard InChI is InChI=1S/C13H14FNOS/c1-9-13(4-5-16-9)17-8-11-6-10(7-15)2-3-12(11)14/h2-3,6,9,13H,4-5,8H2,1H3/t9-,13-/m0/s1. The SMILES string of the molecule is C[C@@H]1OCC[C@@H]1SCc1cc(C#N)ccc1F. The predicted molar refractivity (Wildman–Crippen MR) is 66.2 cm³/mol. The molecule has 1 aromatic rings. The highest BCUT2D eigenvalue weighted by atomic mass is 32.2. The van der Waals surface area contributed by atoms with E-state index in [9.17, 15) is 4.39 Å². The minimum Gasteiger partial charge on any atom is -0.377 e. The number of hydrogen-bond donors (Lipinski definition) is 0. The van der Waals surface area contributed by atoms with E-state index in [4.69, 9.17) is 10.00 Å². The lowest BCUT2D eigenvalue weighted by atomic mass is 10.1. The van der Waals surface area contributed by atoms with Gasteiger partial charge in [-0.15, -0.1) is 0 Å². The smallest absolute Gasteiger partial charge is 0.127 e. The van der Waals surface area contributed by atoms with Crippen LogP contribution in [0.15, 0.2) is 18.2 Å². The summed E-state index contributed by atoms with van der Waals surface area (Å²) < 4.78 is 19.0. The molecular formula is C13H14FNOS. The number of benzene rings is 1. The number of thioether (sulfide) groups is 1. The molecule has 0 unspecified atom stereocenters. The quantitative estimate of drug-likeness (QED) is 0.827. The summed E-state index contributed by atoms with van der Waals surface area (Å²) in [5.41, 5.74) is 1.12. The molecule has 0 aliphatic carbocycles. The highest BCUT2D eigenvalue weighted by molar-refractivity contribution is 7.99. The maximum Gasteiger partial charge on any atom is 0.127 e. The lowest BCUT2D eigenvalue weighted by Gasteiger charge is -2.13. The summed E-state index contributed by atoms with van der Waals surface area (Å²) in [5, 5.41) is 9.21.